The highest BCUT2D eigenvalue weighted by Crippen LogP contribution is 1.98. The van der Waals surface area contributed by atoms with Crippen LogP contribution in [0.25, 0.3) is 0 Å². The van der Waals surface area contributed by atoms with Crippen molar-refractivity contribution in [1.82, 2.24) is 4.72 Å². The van der Waals surface area contributed by atoms with E-state index in [0.717, 1.165) is 12.7 Å². The van der Waals surface area contributed by atoms with Gasteiger partial charge in [-0.2, -0.15) is 8.42 Å². The van der Waals surface area contributed by atoms with Crippen LogP contribution in [0.15, 0.2) is 0 Å². The fourth-order valence-electron chi connectivity index (χ4n) is 0.836. The Balaban J connectivity index is 0. The molecule has 0 rings (SSSR count). The first-order valence-corrected chi connectivity index (χ1v) is 8.74. The van der Waals surface area contributed by atoms with Gasteiger partial charge < -0.3 is 5.11 Å². The number of rotatable bonds is 7. The molecule has 8 nitrogen and oxygen atoms in total. The summed E-state index contributed by atoms with van der Waals surface area (Å²) < 4.78 is 49.3. The third kappa shape index (κ3) is 36.2. The minimum absolute atomic E-state index is 0.152. The van der Waals surface area contributed by atoms with Gasteiger partial charge in [0.25, 0.3) is 10.1 Å². The summed E-state index contributed by atoms with van der Waals surface area (Å²) in [6.07, 6.45) is 3.98. The van der Waals surface area contributed by atoms with E-state index < -0.39 is 26.1 Å². The largest absolute Gasteiger partial charge is 0.481 e. The topological polar surface area (TPSA) is 138 Å². The molecule has 0 amide bonds. The molecule has 18 heavy (non-hydrogen) atoms. The minimum atomic E-state index is -3.67. The van der Waals surface area contributed by atoms with E-state index in [9.17, 15) is 21.6 Å². The normalized spacial score (nSPS) is 11.5. The third-order valence-corrected chi connectivity index (χ3v) is 2.16. The van der Waals surface area contributed by atoms with Crippen molar-refractivity contribution in [2.24, 2.45) is 0 Å². The van der Waals surface area contributed by atoms with Gasteiger partial charge in [0.15, 0.2) is 0 Å². The molecule has 0 bridgehead atoms. The molecule has 110 valence electrons. The number of aliphatic carboxylic acids is 1. The zero-order chi connectivity index (χ0) is 14.8. The standard InChI is InChI=1S/C7H15NO4S.CH4O3S/c1-13(11,12)8-6-4-2-3-5-7(9)10;1-5(2,3)4/h8H,2-6H2,1H3,(H,9,10);1H3,(H,2,3,4). The van der Waals surface area contributed by atoms with E-state index in [4.69, 9.17) is 9.66 Å². The molecule has 0 aliphatic heterocycles. The van der Waals surface area contributed by atoms with Gasteiger partial charge in [0.05, 0.1) is 12.5 Å². The molecule has 0 aromatic heterocycles. The highest BCUT2D eigenvalue weighted by molar-refractivity contribution is 7.88. The molecule has 0 aliphatic rings. The molecule has 0 heterocycles. The first-order valence-electron chi connectivity index (χ1n) is 5.00. The Morgan fingerprint density at radius 2 is 1.50 bits per heavy atom. The van der Waals surface area contributed by atoms with Gasteiger partial charge in [-0.25, -0.2) is 13.1 Å². The molecular formula is C8H19NO7S2. The monoisotopic (exact) mass is 305 g/mol. The number of sulfonamides is 1. The number of nitrogens with one attached hydrogen (secondary N) is 1. The highest BCUT2D eigenvalue weighted by atomic mass is 32.2. The Morgan fingerprint density at radius 3 is 1.83 bits per heavy atom. The van der Waals surface area contributed by atoms with E-state index in [-0.39, 0.29) is 6.42 Å². The molecule has 0 aromatic rings. The van der Waals surface area contributed by atoms with E-state index in [1.54, 1.807) is 0 Å². The number of hydrogen-bond donors (Lipinski definition) is 3. The van der Waals surface area contributed by atoms with Crippen LogP contribution < -0.4 is 4.72 Å². The maximum Gasteiger partial charge on any atom is 0.303 e. The molecule has 0 aromatic carbocycles. The Kier molecular flexibility index (Phi) is 10.1. The van der Waals surface area contributed by atoms with Crippen molar-refractivity contribution in [3.8, 4) is 0 Å². The number of hydrogen-bond acceptors (Lipinski definition) is 5. The predicted molar refractivity (Wildman–Crippen MR) is 66.4 cm³/mol. The smallest absolute Gasteiger partial charge is 0.303 e. The maximum absolute atomic E-state index is 10.6. The van der Waals surface area contributed by atoms with Gasteiger partial charge in [0, 0.05) is 13.0 Å². The lowest BCUT2D eigenvalue weighted by Crippen LogP contribution is -2.22. The van der Waals surface area contributed by atoms with Crippen LogP contribution in [0.4, 0.5) is 0 Å². The number of carbonyl (C=O) groups is 1. The SMILES string of the molecule is CS(=O)(=O)NCCCCCC(=O)O.CS(=O)(=O)O. The molecular weight excluding hydrogens is 286 g/mol. The average molecular weight is 305 g/mol. The van der Waals surface area contributed by atoms with Gasteiger partial charge in [-0.05, 0) is 12.8 Å². The molecule has 0 spiro atoms. The van der Waals surface area contributed by atoms with Crippen molar-refractivity contribution in [3.05, 3.63) is 0 Å². The van der Waals surface area contributed by atoms with Crippen LogP contribution in [-0.4, -0.2) is 51.5 Å². The maximum atomic E-state index is 10.6. The second kappa shape index (κ2) is 9.25. The minimum Gasteiger partial charge on any atom is -0.481 e. The first-order chi connectivity index (χ1) is 7.92. The highest BCUT2D eigenvalue weighted by Gasteiger charge is 1.99. The summed E-state index contributed by atoms with van der Waals surface area (Å²) >= 11 is 0. The van der Waals surface area contributed by atoms with Gasteiger partial charge in [0.1, 0.15) is 0 Å². The van der Waals surface area contributed by atoms with Crippen molar-refractivity contribution >= 4 is 26.1 Å². The Labute approximate surface area is 107 Å². The molecule has 0 fully saturated rings. The van der Waals surface area contributed by atoms with Crippen LogP contribution in [0.5, 0.6) is 0 Å². The summed E-state index contributed by atoms with van der Waals surface area (Å²) in [5.41, 5.74) is 0. The lowest BCUT2D eigenvalue weighted by molar-refractivity contribution is -0.137. The summed E-state index contributed by atoms with van der Waals surface area (Å²) in [4.78, 5) is 10.1. The van der Waals surface area contributed by atoms with Crippen LogP contribution in [-0.2, 0) is 24.9 Å². The molecule has 0 atom stereocenters. The van der Waals surface area contributed by atoms with Gasteiger partial charge in [0.2, 0.25) is 10.0 Å². The second-order valence-corrected chi connectivity index (χ2v) is 6.90. The van der Waals surface area contributed by atoms with Crippen LogP contribution in [0, 0.1) is 0 Å². The van der Waals surface area contributed by atoms with Gasteiger partial charge in [-0.3, -0.25) is 9.35 Å². The lowest BCUT2D eigenvalue weighted by atomic mass is 10.2. The number of unbranched alkanes of at least 4 members (excludes halogenated alkanes) is 2. The third-order valence-electron chi connectivity index (χ3n) is 1.43. The van der Waals surface area contributed by atoms with Crippen molar-refractivity contribution in [3.63, 3.8) is 0 Å². The zero-order valence-electron chi connectivity index (χ0n) is 10.3. The van der Waals surface area contributed by atoms with Crippen molar-refractivity contribution in [2.75, 3.05) is 19.1 Å². The van der Waals surface area contributed by atoms with Gasteiger partial charge in [-0.1, -0.05) is 6.42 Å². The summed E-state index contributed by atoms with van der Waals surface area (Å²) in [7, 11) is -6.76. The Hall–Kier alpha value is -0.710. The molecule has 0 radical (unpaired) electrons. The molecule has 3 N–H and O–H groups in total. The molecule has 10 heteroatoms. The number of carboxylic acids is 1. The zero-order valence-corrected chi connectivity index (χ0v) is 11.9. The van der Waals surface area contributed by atoms with Crippen LogP contribution >= 0.6 is 0 Å². The van der Waals surface area contributed by atoms with Crippen LogP contribution in [0.2, 0.25) is 0 Å². The van der Waals surface area contributed by atoms with Crippen LogP contribution in [0.3, 0.4) is 0 Å². The number of carboxylic acid groups (broad SMARTS) is 1. The lowest BCUT2D eigenvalue weighted by Gasteiger charge is -2.00. The summed E-state index contributed by atoms with van der Waals surface area (Å²) in [6.45, 7) is 0.387. The van der Waals surface area contributed by atoms with E-state index in [1.165, 1.54) is 0 Å². The fraction of sp³-hybridized carbons (Fsp3) is 0.875. The van der Waals surface area contributed by atoms with Gasteiger partial charge in [-0.15, -0.1) is 0 Å². The van der Waals surface area contributed by atoms with E-state index in [0.29, 0.717) is 25.6 Å². The average Bonchev–Trinajstić information content (AvgIpc) is 2.05. The predicted octanol–water partition coefficient (Wildman–Crippen LogP) is -0.315. The fourth-order valence-corrected chi connectivity index (χ4v) is 1.35. The molecule has 0 saturated carbocycles. The van der Waals surface area contributed by atoms with Crippen molar-refractivity contribution in [2.45, 2.75) is 25.7 Å². The van der Waals surface area contributed by atoms with E-state index >= 15 is 0 Å². The van der Waals surface area contributed by atoms with E-state index in [1.807, 2.05) is 0 Å². The van der Waals surface area contributed by atoms with E-state index in [2.05, 4.69) is 4.72 Å². The Morgan fingerprint density at radius 1 is 1.06 bits per heavy atom. The second-order valence-electron chi connectivity index (χ2n) is 3.60. The van der Waals surface area contributed by atoms with Crippen molar-refractivity contribution < 1.29 is 31.3 Å². The van der Waals surface area contributed by atoms with Crippen LogP contribution in [0.1, 0.15) is 25.7 Å². The molecule has 0 saturated heterocycles. The van der Waals surface area contributed by atoms with Gasteiger partial charge >= 0.3 is 5.97 Å². The first kappa shape index (κ1) is 19.6. The molecule has 0 unspecified atom stereocenters. The quantitative estimate of drug-likeness (QED) is 0.433. The summed E-state index contributed by atoms with van der Waals surface area (Å²) in [6, 6.07) is 0. The Bertz CT molecular complexity index is 418. The summed E-state index contributed by atoms with van der Waals surface area (Å²) in [5.74, 6) is -0.809. The van der Waals surface area contributed by atoms with Crippen molar-refractivity contribution in [1.29, 1.82) is 0 Å². The summed E-state index contributed by atoms with van der Waals surface area (Å²) in [5, 5.41) is 8.29. The molecule has 0 aliphatic carbocycles.